The molecule has 0 N–H and O–H groups in total. The molecule has 0 spiro atoms. The van der Waals surface area contributed by atoms with Gasteiger partial charge in [0.2, 0.25) is 0 Å². The number of amidine groups is 1. The number of rotatable bonds is 3. The lowest BCUT2D eigenvalue weighted by Gasteiger charge is -2.39. The normalized spacial score (nSPS) is 32.3. The van der Waals surface area contributed by atoms with Gasteiger partial charge in [-0.15, -0.1) is 0 Å². The van der Waals surface area contributed by atoms with Gasteiger partial charge in [0, 0.05) is 18.5 Å². The molecule has 5 rings (SSSR count). The van der Waals surface area contributed by atoms with Crippen LogP contribution in [-0.2, 0) is 0 Å². The van der Waals surface area contributed by atoms with E-state index in [-0.39, 0.29) is 0 Å². The van der Waals surface area contributed by atoms with Crippen LogP contribution in [0.5, 0.6) is 0 Å². The van der Waals surface area contributed by atoms with E-state index in [2.05, 4.69) is 24.8 Å². The van der Waals surface area contributed by atoms with Gasteiger partial charge in [-0.3, -0.25) is 0 Å². The molecule has 2 atom stereocenters. The lowest BCUT2D eigenvalue weighted by Crippen LogP contribution is -2.43. The molecule has 3 nitrogen and oxygen atoms in total. The van der Waals surface area contributed by atoms with Gasteiger partial charge < -0.3 is 4.90 Å². The molecule has 0 aromatic heterocycles. The molecule has 2 aliphatic heterocycles. The van der Waals surface area contributed by atoms with Crippen LogP contribution in [0.2, 0.25) is 5.02 Å². The van der Waals surface area contributed by atoms with Crippen molar-refractivity contribution in [3.8, 4) is 6.07 Å². The highest BCUT2D eigenvalue weighted by atomic mass is 35.5. The maximum atomic E-state index is 9.06. The van der Waals surface area contributed by atoms with Crippen LogP contribution in [0.4, 0.5) is 5.69 Å². The number of hydrogen-bond acceptors (Lipinski definition) is 2. The van der Waals surface area contributed by atoms with Crippen molar-refractivity contribution in [3.05, 3.63) is 28.8 Å². The first-order valence-electron chi connectivity index (χ1n) is 9.58. The standard InChI is InChI=1S/C21H26ClN3/c1-13(2)12-25-18-8-15-5-16(9-18)7-17(6-15)21(25)24-20-4-3-14(11-23)10-19(20)22/h3-4,10,13,15-18H,5-9,12H2,1-2H3. The lowest BCUT2D eigenvalue weighted by molar-refractivity contribution is 0.126. The summed E-state index contributed by atoms with van der Waals surface area (Å²) in [4.78, 5) is 7.70. The van der Waals surface area contributed by atoms with Crippen molar-refractivity contribution < 1.29 is 0 Å². The van der Waals surface area contributed by atoms with Gasteiger partial charge in [0.1, 0.15) is 5.84 Å². The molecule has 1 aromatic rings. The first kappa shape index (κ1) is 16.9. The molecule has 1 aromatic carbocycles. The maximum absolute atomic E-state index is 9.06. The summed E-state index contributed by atoms with van der Waals surface area (Å²) < 4.78 is 0. The van der Waals surface area contributed by atoms with E-state index in [0.717, 1.165) is 24.1 Å². The van der Waals surface area contributed by atoms with Crippen LogP contribution in [0.25, 0.3) is 0 Å². The minimum absolute atomic E-state index is 0.571. The molecular formula is C21H26ClN3. The Morgan fingerprint density at radius 1 is 1.20 bits per heavy atom. The minimum atomic E-state index is 0.571. The number of benzene rings is 1. The molecule has 4 bridgehead atoms. The zero-order valence-corrected chi connectivity index (χ0v) is 15.8. The second-order valence-corrected chi connectivity index (χ2v) is 8.96. The smallest absolute Gasteiger partial charge is 0.108 e. The summed E-state index contributed by atoms with van der Waals surface area (Å²) in [5.41, 5.74) is 1.40. The molecule has 2 aliphatic carbocycles. The van der Waals surface area contributed by atoms with Crippen molar-refractivity contribution >= 4 is 23.1 Å². The van der Waals surface area contributed by atoms with Crippen molar-refractivity contribution in [2.24, 2.45) is 28.7 Å². The first-order valence-corrected chi connectivity index (χ1v) is 9.96. The quantitative estimate of drug-likeness (QED) is 0.727. The summed E-state index contributed by atoms with van der Waals surface area (Å²) in [7, 11) is 0. The van der Waals surface area contributed by atoms with Gasteiger partial charge in [0.15, 0.2) is 0 Å². The Morgan fingerprint density at radius 3 is 2.52 bits per heavy atom. The van der Waals surface area contributed by atoms with Crippen molar-refractivity contribution in [2.45, 2.75) is 52.0 Å². The summed E-state index contributed by atoms with van der Waals surface area (Å²) in [6.07, 6.45) is 6.66. The number of hydrogen-bond donors (Lipinski definition) is 0. The van der Waals surface area contributed by atoms with Crippen LogP contribution < -0.4 is 0 Å². The average molecular weight is 356 g/mol. The zero-order valence-electron chi connectivity index (χ0n) is 15.1. The number of nitrogens with zero attached hydrogens (tertiary/aromatic N) is 3. The van der Waals surface area contributed by atoms with E-state index in [9.17, 15) is 0 Å². The second-order valence-electron chi connectivity index (χ2n) is 8.56. The van der Waals surface area contributed by atoms with Gasteiger partial charge in [0.05, 0.1) is 22.3 Å². The summed E-state index contributed by atoms with van der Waals surface area (Å²) in [6, 6.07) is 8.24. The Bertz CT molecular complexity index is 719. The SMILES string of the molecule is CC(C)CN1C(=Nc2ccc(C#N)cc2Cl)C2CC3CC(C2)CC1C3. The predicted molar refractivity (Wildman–Crippen MR) is 102 cm³/mol. The summed E-state index contributed by atoms with van der Waals surface area (Å²) >= 11 is 6.43. The molecule has 0 amide bonds. The number of nitriles is 1. The number of halogens is 1. The second kappa shape index (κ2) is 6.65. The monoisotopic (exact) mass is 355 g/mol. The summed E-state index contributed by atoms with van der Waals surface area (Å²) in [5, 5.41) is 9.64. The Kier molecular flexibility index (Phi) is 4.50. The zero-order chi connectivity index (χ0) is 17.6. The maximum Gasteiger partial charge on any atom is 0.108 e. The predicted octanol–water partition coefficient (Wildman–Crippen LogP) is 5.41. The van der Waals surface area contributed by atoms with Crippen LogP contribution in [0.3, 0.4) is 0 Å². The van der Waals surface area contributed by atoms with Gasteiger partial charge >= 0.3 is 0 Å². The molecule has 4 heteroatoms. The summed E-state index contributed by atoms with van der Waals surface area (Å²) in [6.45, 7) is 5.66. The molecule has 4 fully saturated rings. The van der Waals surface area contributed by atoms with E-state index in [1.807, 2.05) is 12.1 Å². The van der Waals surface area contributed by atoms with Crippen LogP contribution in [-0.4, -0.2) is 23.3 Å². The lowest BCUT2D eigenvalue weighted by atomic mass is 9.68. The Hall–Kier alpha value is -1.53. The number of fused-ring (bicyclic) bond motifs is 1. The van der Waals surface area contributed by atoms with E-state index in [1.165, 1.54) is 37.9 Å². The van der Waals surface area contributed by atoms with Gasteiger partial charge in [-0.2, -0.15) is 5.26 Å². The highest BCUT2D eigenvalue weighted by Gasteiger charge is 2.45. The molecule has 2 saturated heterocycles. The van der Waals surface area contributed by atoms with Crippen molar-refractivity contribution in [3.63, 3.8) is 0 Å². The molecular weight excluding hydrogens is 330 g/mol. The Morgan fingerprint density at radius 2 is 1.92 bits per heavy atom. The van der Waals surface area contributed by atoms with Crippen molar-refractivity contribution in [1.29, 1.82) is 5.26 Å². The van der Waals surface area contributed by atoms with Crippen LogP contribution in [0.1, 0.15) is 51.5 Å². The van der Waals surface area contributed by atoms with E-state index in [0.29, 0.717) is 28.5 Å². The topological polar surface area (TPSA) is 39.4 Å². The molecule has 2 saturated carbocycles. The molecule has 2 unspecified atom stereocenters. The first-order chi connectivity index (χ1) is 12.0. The summed E-state index contributed by atoms with van der Waals surface area (Å²) in [5.74, 6) is 4.21. The largest absolute Gasteiger partial charge is 0.357 e. The van der Waals surface area contributed by atoms with Gasteiger partial charge in [-0.05, 0) is 68.1 Å². The fourth-order valence-electron chi connectivity index (χ4n) is 5.28. The molecule has 0 radical (unpaired) electrons. The van der Waals surface area contributed by atoms with E-state index >= 15 is 0 Å². The van der Waals surface area contributed by atoms with Crippen molar-refractivity contribution in [2.75, 3.05) is 6.54 Å². The highest BCUT2D eigenvalue weighted by molar-refractivity contribution is 6.33. The Balaban J connectivity index is 1.75. The third-order valence-corrected chi connectivity index (χ3v) is 6.39. The molecule has 25 heavy (non-hydrogen) atoms. The number of aliphatic imine (C=N–C) groups is 1. The van der Waals surface area contributed by atoms with E-state index < -0.39 is 0 Å². The molecule has 4 aliphatic rings. The molecule has 2 heterocycles. The van der Waals surface area contributed by atoms with Crippen LogP contribution in [0.15, 0.2) is 23.2 Å². The van der Waals surface area contributed by atoms with Crippen LogP contribution in [0, 0.1) is 35.0 Å². The van der Waals surface area contributed by atoms with Gasteiger partial charge in [-0.25, -0.2) is 4.99 Å². The Labute approximate surface area is 155 Å². The third kappa shape index (κ3) is 3.29. The molecule has 132 valence electrons. The minimum Gasteiger partial charge on any atom is -0.357 e. The fraction of sp³-hybridized carbons (Fsp3) is 0.619. The van der Waals surface area contributed by atoms with E-state index in [4.69, 9.17) is 21.9 Å². The van der Waals surface area contributed by atoms with Gasteiger partial charge in [0.25, 0.3) is 0 Å². The highest BCUT2D eigenvalue weighted by Crippen LogP contribution is 2.49. The fourth-order valence-corrected chi connectivity index (χ4v) is 5.51. The van der Waals surface area contributed by atoms with Gasteiger partial charge in [-0.1, -0.05) is 25.4 Å². The van der Waals surface area contributed by atoms with Crippen LogP contribution >= 0.6 is 11.6 Å². The van der Waals surface area contributed by atoms with E-state index in [1.54, 1.807) is 6.07 Å². The average Bonchev–Trinajstić information content (AvgIpc) is 2.71. The van der Waals surface area contributed by atoms with Crippen molar-refractivity contribution in [1.82, 2.24) is 4.90 Å². The third-order valence-electron chi connectivity index (χ3n) is 6.09.